The van der Waals surface area contributed by atoms with Gasteiger partial charge in [-0.1, -0.05) is 0 Å². The first-order valence-corrected chi connectivity index (χ1v) is 5.06. The Hall–Kier alpha value is -1.48. The third-order valence-corrected chi connectivity index (χ3v) is 2.72. The zero-order chi connectivity index (χ0) is 12.6. The van der Waals surface area contributed by atoms with Gasteiger partial charge in [-0.2, -0.15) is 0 Å². The highest BCUT2D eigenvalue weighted by Gasteiger charge is 2.42. The van der Waals surface area contributed by atoms with Crippen LogP contribution in [0.1, 0.15) is 6.23 Å². The quantitative estimate of drug-likeness (QED) is 0.441. The Morgan fingerprint density at radius 2 is 2.24 bits per heavy atom. The molecule has 17 heavy (non-hydrogen) atoms. The van der Waals surface area contributed by atoms with E-state index in [0.717, 1.165) is 10.6 Å². The molecule has 1 aromatic rings. The van der Waals surface area contributed by atoms with Crippen molar-refractivity contribution < 1.29 is 14.9 Å². The molecule has 1 saturated heterocycles. The summed E-state index contributed by atoms with van der Waals surface area (Å²) in [6, 6.07) is 0.298. The third kappa shape index (κ3) is 2.03. The van der Waals surface area contributed by atoms with Gasteiger partial charge in [-0.05, 0) is 0 Å². The molecular weight excluding hydrogens is 230 g/mol. The number of hydrogen-bond donors (Lipinski definition) is 4. The summed E-state index contributed by atoms with van der Waals surface area (Å²) in [4.78, 5) is 24.5. The summed E-state index contributed by atoms with van der Waals surface area (Å²) in [6.07, 6.45) is -1.58. The van der Waals surface area contributed by atoms with Crippen molar-refractivity contribution in [2.75, 3.05) is 6.61 Å². The number of aliphatic hydroxyl groups excluding tert-OH is 2. The fraction of sp³-hybridized carbons (Fsp3) is 0.556. The average molecular weight is 243 g/mol. The molecule has 2 rings (SSSR count). The predicted octanol–water partition coefficient (Wildman–Crippen LogP) is -2.89. The van der Waals surface area contributed by atoms with E-state index in [4.69, 9.17) is 15.6 Å². The van der Waals surface area contributed by atoms with Crippen molar-refractivity contribution in [2.45, 2.75) is 24.5 Å². The van der Waals surface area contributed by atoms with E-state index in [1.54, 1.807) is 0 Å². The molecular formula is C9H13N3O5. The van der Waals surface area contributed by atoms with Crippen LogP contribution in [0.2, 0.25) is 0 Å². The molecule has 8 heteroatoms. The van der Waals surface area contributed by atoms with E-state index >= 15 is 0 Å². The maximum atomic E-state index is 11.5. The van der Waals surface area contributed by atoms with Crippen LogP contribution in [0.15, 0.2) is 21.9 Å². The van der Waals surface area contributed by atoms with Crippen molar-refractivity contribution in [3.63, 3.8) is 0 Å². The zero-order valence-corrected chi connectivity index (χ0v) is 8.81. The van der Waals surface area contributed by atoms with E-state index in [2.05, 4.69) is 4.98 Å². The van der Waals surface area contributed by atoms with Crippen molar-refractivity contribution in [1.29, 1.82) is 0 Å². The summed E-state index contributed by atoms with van der Waals surface area (Å²) < 4.78 is 6.33. The van der Waals surface area contributed by atoms with E-state index < -0.39 is 42.3 Å². The second kappa shape index (κ2) is 4.41. The number of H-pyrrole nitrogens is 1. The van der Waals surface area contributed by atoms with E-state index in [1.165, 1.54) is 6.20 Å². The number of nitrogens with two attached hydrogens (primary N) is 1. The minimum atomic E-state index is -1.07. The van der Waals surface area contributed by atoms with Gasteiger partial charge in [0, 0.05) is 12.3 Å². The third-order valence-electron chi connectivity index (χ3n) is 2.72. The first-order valence-electron chi connectivity index (χ1n) is 5.06. The lowest BCUT2D eigenvalue weighted by Gasteiger charge is -2.17. The molecule has 0 amide bonds. The maximum absolute atomic E-state index is 11.5. The number of nitrogens with zero attached hydrogens (tertiary/aromatic N) is 1. The number of aliphatic hydroxyl groups is 2. The lowest BCUT2D eigenvalue weighted by atomic mass is 10.1. The van der Waals surface area contributed by atoms with Gasteiger partial charge in [0.1, 0.15) is 12.2 Å². The van der Waals surface area contributed by atoms with Gasteiger partial charge in [0.25, 0.3) is 5.56 Å². The molecule has 0 saturated carbocycles. The summed E-state index contributed by atoms with van der Waals surface area (Å²) in [5, 5.41) is 18.6. The molecule has 0 aromatic carbocycles. The highest BCUT2D eigenvalue weighted by molar-refractivity contribution is 4.94. The van der Waals surface area contributed by atoms with Crippen molar-refractivity contribution >= 4 is 0 Å². The summed E-state index contributed by atoms with van der Waals surface area (Å²) in [5.41, 5.74) is 4.48. The molecule has 8 nitrogen and oxygen atoms in total. The van der Waals surface area contributed by atoms with Crippen LogP contribution >= 0.6 is 0 Å². The van der Waals surface area contributed by atoms with Gasteiger partial charge in [0.15, 0.2) is 6.23 Å². The smallest absolute Gasteiger partial charge is 0.330 e. The zero-order valence-electron chi connectivity index (χ0n) is 8.81. The minimum absolute atomic E-state index is 0.399. The molecule has 1 aromatic heterocycles. The Bertz CT molecular complexity index is 510. The molecule has 0 radical (unpaired) electrons. The standard InChI is InChI=1S/C9H13N3O5/c10-6-7(15)4(3-13)17-8(6)12-2-1-5(14)11-9(12)16/h1-2,4,6-8,13,15H,3,10H2,(H,11,14,16)/t4-,6+,7+,8-/m1/s1. The van der Waals surface area contributed by atoms with Crippen LogP contribution in [0.4, 0.5) is 0 Å². The Morgan fingerprint density at radius 3 is 2.76 bits per heavy atom. The van der Waals surface area contributed by atoms with Gasteiger partial charge in [0.05, 0.1) is 12.6 Å². The highest BCUT2D eigenvalue weighted by Crippen LogP contribution is 2.26. The Labute approximate surface area is 95.3 Å². The lowest BCUT2D eigenvalue weighted by Crippen LogP contribution is -2.42. The number of rotatable bonds is 2. The van der Waals surface area contributed by atoms with E-state index in [-0.39, 0.29) is 0 Å². The fourth-order valence-electron chi connectivity index (χ4n) is 1.80. The number of aromatic amines is 1. The SMILES string of the molecule is N[C@H]1[C@@H](O)[C@@H](CO)O[C@H]1n1ccc(=O)[nH]c1=O. The fourth-order valence-corrected chi connectivity index (χ4v) is 1.80. The maximum Gasteiger partial charge on any atom is 0.330 e. The van der Waals surface area contributed by atoms with Gasteiger partial charge in [-0.15, -0.1) is 0 Å². The molecule has 0 unspecified atom stereocenters. The Morgan fingerprint density at radius 1 is 1.53 bits per heavy atom. The second-order valence-electron chi connectivity index (χ2n) is 3.83. The summed E-state index contributed by atoms with van der Waals surface area (Å²) in [5.74, 6) is 0. The molecule has 94 valence electrons. The van der Waals surface area contributed by atoms with Gasteiger partial charge in [-0.3, -0.25) is 14.3 Å². The summed E-state index contributed by atoms with van der Waals surface area (Å²) in [7, 11) is 0. The Balaban J connectivity index is 2.35. The number of ether oxygens (including phenoxy) is 1. The number of aromatic nitrogens is 2. The number of nitrogens with one attached hydrogen (secondary N) is 1. The normalized spacial score (nSPS) is 32.9. The second-order valence-corrected chi connectivity index (χ2v) is 3.83. The van der Waals surface area contributed by atoms with Crippen molar-refractivity contribution in [1.82, 2.24) is 9.55 Å². The number of hydrogen-bond acceptors (Lipinski definition) is 6. The first kappa shape index (κ1) is 12.0. The largest absolute Gasteiger partial charge is 0.394 e. The van der Waals surface area contributed by atoms with Crippen molar-refractivity contribution in [3.8, 4) is 0 Å². The lowest BCUT2D eigenvalue weighted by molar-refractivity contribution is -0.0465. The van der Waals surface area contributed by atoms with Crippen LogP contribution < -0.4 is 17.0 Å². The monoisotopic (exact) mass is 243 g/mol. The van der Waals surface area contributed by atoms with E-state index in [0.29, 0.717) is 0 Å². The molecule has 0 bridgehead atoms. The van der Waals surface area contributed by atoms with Gasteiger partial charge >= 0.3 is 5.69 Å². The van der Waals surface area contributed by atoms with Gasteiger partial charge in [-0.25, -0.2) is 4.79 Å². The molecule has 0 aliphatic carbocycles. The van der Waals surface area contributed by atoms with Crippen LogP contribution in [0.5, 0.6) is 0 Å². The summed E-state index contributed by atoms with van der Waals surface area (Å²) >= 11 is 0. The van der Waals surface area contributed by atoms with E-state index in [9.17, 15) is 14.7 Å². The van der Waals surface area contributed by atoms with Crippen LogP contribution in [0.3, 0.4) is 0 Å². The molecule has 5 N–H and O–H groups in total. The minimum Gasteiger partial charge on any atom is -0.394 e. The molecule has 1 fully saturated rings. The molecule has 2 heterocycles. The highest BCUT2D eigenvalue weighted by atomic mass is 16.5. The van der Waals surface area contributed by atoms with Crippen molar-refractivity contribution in [2.24, 2.45) is 5.73 Å². The topological polar surface area (TPSA) is 131 Å². The van der Waals surface area contributed by atoms with Crippen molar-refractivity contribution in [3.05, 3.63) is 33.1 Å². The molecule has 4 atom stereocenters. The summed E-state index contributed by atoms with van der Waals surface area (Å²) in [6.45, 7) is -0.399. The molecule has 1 aliphatic rings. The molecule has 0 spiro atoms. The van der Waals surface area contributed by atoms with Crippen LogP contribution in [-0.2, 0) is 4.74 Å². The van der Waals surface area contributed by atoms with Gasteiger partial charge < -0.3 is 20.7 Å². The van der Waals surface area contributed by atoms with Crippen LogP contribution in [-0.4, -0.2) is 44.6 Å². The van der Waals surface area contributed by atoms with Crippen LogP contribution in [0.25, 0.3) is 0 Å². The average Bonchev–Trinajstić information content (AvgIpc) is 2.57. The Kier molecular flexibility index (Phi) is 3.11. The van der Waals surface area contributed by atoms with E-state index in [1.807, 2.05) is 0 Å². The van der Waals surface area contributed by atoms with Crippen LogP contribution in [0, 0.1) is 0 Å². The molecule has 1 aliphatic heterocycles. The first-order chi connectivity index (χ1) is 8.04. The van der Waals surface area contributed by atoms with Gasteiger partial charge in [0.2, 0.25) is 0 Å². The predicted molar refractivity (Wildman–Crippen MR) is 56.3 cm³/mol.